The first kappa shape index (κ1) is 15.3. The molecule has 2 fully saturated rings. The summed E-state index contributed by atoms with van der Waals surface area (Å²) in [6.45, 7) is 6.25. The third kappa shape index (κ3) is 2.84. The summed E-state index contributed by atoms with van der Waals surface area (Å²) in [5, 5.41) is 6.48. The Hall–Kier alpha value is -1.06. The predicted molar refractivity (Wildman–Crippen MR) is 84.4 cm³/mol. The van der Waals surface area contributed by atoms with Crippen molar-refractivity contribution in [2.24, 2.45) is 11.3 Å². The molecular weight excluding hydrogens is 272 g/mol. The van der Waals surface area contributed by atoms with Crippen LogP contribution in [-0.4, -0.2) is 19.0 Å². The number of aryl methyl sites for hydroxylation is 2. The fourth-order valence-electron chi connectivity index (χ4n) is 3.37. The summed E-state index contributed by atoms with van der Waals surface area (Å²) < 4.78 is 0. The van der Waals surface area contributed by atoms with Crippen molar-refractivity contribution < 1.29 is 4.79 Å². The average molecular weight is 295 g/mol. The molecule has 1 spiro atoms. The lowest BCUT2D eigenvalue weighted by Gasteiger charge is -2.23. The van der Waals surface area contributed by atoms with Crippen LogP contribution in [-0.2, 0) is 4.79 Å². The summed E-state index contributed by atoms with van der Waals surface area (Å²) in [6.07, 6.45) is 3.38. The summed E-state index contributed by atoms with van der Waals surface area (Å²) >= 11 is 0. The zero-order chi connectivity index (χ0) is 13.5. The number of nitrogens with one attached hydrogen (secondary N) is 2. The zero-order valence-electron chi connectivity index (χ0n) is 12.2. The topological polar surface area (TPSA) is 41.1 Å². The van der Waals surface area contributed by atoms with Crippen LogP contribution in [0.1, 0.15) is 30.4 Å². The Balaban J connectivity index is 0.00000147. The Bertz CT molecular complexity index is 509. The number of rotatable bonds is 2. The first-order chi connectivity index (χ1) is 9.11. The lowest BCUT2D eigenvalue weighted by molar-refractivity contribution is -0.118. The maximum Gasteiger partial charge on any atom is 0.228 e. The van der Waals surface area contributed by atoms with Gasteiger partial charge in [-0.25, -0.2) is 0 Å². The molecule has 0 aromatic heterocycles. The Morgan fingerprint density at radius 2 is 2.00 bits per heavy atom. The zero-order valence-corrected chi connectivity index (χ0v) is 13.0. The smallest absolute Gasteiger partial charge is 0.228 e. The summed E-state index contributed by atoms with van der Waals surface area (Å²) in [5.74, 6) is 0.448. The Morgan fingerprint density at radius 3 is 2.65 bits per heavy atom. The van der Waals surface area contributed by atoms with Crippen LogP contribution in [0.3, 0.4) is 0 Å². The molecule has 0 bridgehead atoms. The summed E-state index contributed by atoms with van der Waals surface area (Å²) in [4.78, 5) is 12.4. The van der Waals surface area contributed by atoms with Gasteiger partial charge in [-0.15, -0.1) is 12.4 Å². The quantitative estimate of drug-likeness (QED) is 0.880. The van der Waals surface area contributed by atoms with Crippen molar-refractivity contribution in [2.75, 3.05) is 18.4 Å². The minimum atomic E-state index is 0. The fraction of sp³-hybridized carbons (Fsp3) is 0.562. The number of anilines is 1. The van der Waals surface area contributed by atoms with Gasteiger partial charge in [-0.2, -0.15) is 0 Å². The number of carbonyl (C=O) groups excluding carboxylic acids is 1. The number of halogens is 1. The second-order valence-electron chi connectivity index (χ2n) is 6.18. The van der Waals surface area contributed by atoms with E-state index in [1.165, 1.54) is 5.56 Å². The third-order valence-electron chi connectivity index (χ3n) is 4.75. The molecule has 110 valence electrons. The van der Waals surface area contributed by atoms with Gasteiger partial charge in [0.05, 0.1) is 0 Å². The van der Waals surface area contributed by atoms with Crippen molar-refractivity contribution in [3.63, 3.8) is 0 Å². The van der Waals surface area contributed by atoms with Crippen LogP contribution >= 0.6 is 12.4 Å². The summed E-state index contributed by atoms with van der Waals surface area (Å²) in [5.41, 5.74) is 3.66. The van der Waals surface area contributed by atoms with Gasteiger partial charge in [-0.1, -0.05) is 17.7 Å². The first-order valence-electron chi connectivity index (χ1n) is 7.20. The van der Waals surface area contributed by atoms with Gasteiger partial charge in [0, 0.05) is 11.6 Å². The Kier molecular flexibility index (Phi) is 4.40. The predicted octanol–water partition coefficient (Wildman–Crippen LogP) is 3.05. The van der Waals surface area contributed by atoms with Crippen LogP contribution in [0.15, 0.2) is 18.2 Å². The normalized spacial score (nSPS) is 23.0. The Morgan fingerprint density at radius 1 is 1.30 bits per heavy atom. The van der Waals surface area contributed by atoms with Gasteiger partial charge in [0.1, 0.15) is 0 Å². The Labute approximate surface area is 126 Å². The maximum atomic E-state index is 12.4. The lowest BCUT2D eigenvalue weighted by Crippen LogP contribution is -2.31. The van der Waals surface area contributed by atoms with Gasteiger partial charge in [0.2, 0.25) is 5.91 Å². The monoisotopic (exact) mass is 294 g/mol. The van der Waals surface area contributed by atoms with Crippen molar-refractivity contribution in [3.8, 4) is 0 Å². The maximum absolute atomic E-state index is 12.4. The molecular formula is C16H23ClN2O. The number of carbonyl (C=O) groups is 1. The number of amides is 1. The summed E-state index contributed by atoms with van der Waals surface area (Å²) in [6, 6.07) is 6.18. The van der Waals surface area contributed by atoms with Crippen LogP contribution in [0.4, 0.5) is 5.69 Å². The van der Waals surface area contributed by atoms with Gasteiger partial charge in [0.25, 0.3) is 0 Å². The van der Waals surface area contributed by atoms with Crippen LogP contribution in [0.2, 0.25) is 0 Å². The van der Waals surface area contributed by atoms with E-state index < -0.39 is 0 Å². The van der Waals surface area contributed by atoms with E-state index in [1.807, 2.05) is 6.07 Å². The van der Waals surface area contributed by atoms with Crippen molar-refractivity contribution in [1.82, 2.24) is 5.32 Å². The highest BCUT2D eigenvalue weighted by molar-refractivity contribution is 5.95. The van der Waals surface area contributed by atoms with Gasteiger partial charge in [0.15, 0.2) is 0 Å². The van der Waals surface area contributed by atoms with E-state index in [1.54, 1.807) is 0 Å². The molecule has 1 aromatic carbocycles. The van der Waals surface area contributed by atoms with Gasteiger partial charge in [-0.05, 0) is 63.2 Å². The molecule has 1 amide bonds. The van der Waals surface area contributed by atoms with Crippen molar-refractivity contribution in [1.29, 1.82) is 0 Å². The van der Waals surface area contributed by atoms with Gasteiger partial charge >= 0.3 is 0 Å². The molecule has 1 heterocycles. The average Bonchev–Trinajstić information content (AvgIpc) is 3.07. The van der Waals surface area contributed by atoms with Crippen LogP contribution in [0.5, 0.6) is 0 Å². The molecule has 2 N–H and O–H groups in total. The molecule has 3 rings (SSSR count). The molecule has 20 heavy (non-hydrogen) atoms. The van der Waals surface area contributed by atoms with Crippen molar-refractivity contribution in [2.45, 2.75) is 33.1 Å². The second-order valence-corrected chi connectivity index (χ2v) is 6.18. The third-order valence-corrected chi connectivity index (χ3v) is 4.75. The van der Waals surface area contributed by atoms with E-state index in [-0.39, 0.29) is 24.2 Å². The van der Waals surface area contributed by atoms with Crippen molar-refractivity contribution >= 4 is 24.0 Å². The minimum Gasteiger partial charge on any atom is -0.326 e. The minimum absolute atomic E-state index is 0. The largest absolute Gasteiger partial charge is 0.326 e. The number of piperidine rings is 1. The van der Waals surface area contributed by atoms with Crippen LogP contribution < -0.4 is 10.6 Å². The lowest BCUT2D eigenvalue weighted by atomic mass is 9.91. The first-order valence-corrected chi connectivity index (χ1v) is 7.20. The number of hydrogen-bond donors (Lipinski definition) is 2. The molecule has 1 atom stereocenters. The second kappa shape index (κ2) is 5.74. The molecule has 1 aliphatic carbocycles. The molecule has 1 saturated carbocycles. The SMILES string of the molecule is Cc1ccc(NC(=O)C2CC23CCNCC3)c(C)c1.Cl. The van der Waals surface area contributed by atoms with E-state index in [0.717, 1.165) is 43.6 Å². The molecule has 1 aromatic rings. The number of hydrogen-bond acceptors (Lipinski definition) is 2. The van der Waals surface area contributed by atoms with E-state index in [2.05, 4.69) is 36.6 Å². The molecule has 1 aliphatic heterocycles. The molecule has 2 aliphatic rings. The van der Waals surface area contributed by atoms with Crippen molar-refractivity contribution in [3.05, 3.63) is 29.3 Å². The highest BCUT2D eigenvalue weighted by Gasteiger charge is 2.57. The van der Waals surface area contributed by atoms with E-state index in [0.29, 0.717) is 5.41 Å². The van der Waals surface area contributed by atoms with E-state index in [9.17, 15) is 4.79 Å². The fourth-order valence-corrected chi connectivity index (χ4v) is 3.37. The van der Waals surface area contributed by atoms with E-state index >= 15 is 0 Å². The molecule has 0 radical (unpaired) electrons. The van der Waals surface area contributed by atoms with Gasteiger partial charge in [-0.3, -0.25) is 4.79 Å². The van der Waals surface area contributed by atoms with Crippen LogP contribution in [0, 0.1) is 25.2 Å². The molecule has 1 saturated heterocycles. The summed E-state index contributed by atoms with van der Waals surface area (Å²) in [7, 11) is 0. The van der Waals surface area contributed by atoms with Crippen LogP contribution in [0.25, 0.3) is 0 Å². The number of benzene rings is 1. The van der Waals surface area contributed by atoms with Gasteiger partial charge < -0.3 is 10.6 Å². The highest BCUT2D eigenvalue weighted by Crippen LogP contribution is 2.58. The molecule has 1 unspecified atom stereocenters. The highest BCUT2D eigenvalue weighted by atomic mass is 35.5. The van der Waals surface area contributed by atoms with E-state index in [4.69, 9.17) is 0 Å². The molecule has 3 nitrogen and oxygen atoms in total. The standard InChI is InChI=1S/C16H22N2O.ClH/c1-11-3-4-14(12(2)9-11)18-15(19)13-10-16(13)5-7-17-8-6-16;/h3-4,9,13,17H,5-8,10H2,1-2H3,(H,18,19);1H. The molecule has 4 heteroatoms.